The number of amides is 2. The lowest BCUT2D eigenvalue weighted by Gasteiger charge is -2.51. The maximum Gasteiger partial charge on any atom is 0.321 e. The van der Waals surface area contributed by atoms with Crippen molar-refractivity contribution < 1.29 is 9.21 Å². The van der Waals surface area contributed by atoms with Gasteiger partial charge in [0.05, 0.1) is 5.69 Å². The number of fused-ring (bicyclic) bond motifs is 2. The van der Waals surface area contributed by atoms with E-state index in [1.165, 1.54) is 6.42 Å². The van der Waals surface area contributed by atoms with Crippen molar-refractivity contribution in [1.29, 1.82) is 0 Å². The first-order valence-electron chi connectivity index (χ1n) is 8.24. The number of aryl methyl sites for hydroxylation is 2. The van der Waals surface area contributed by atoms with Gasteiger partial charge in [-0.2, -0.15) is 0 Å². The molecular weight excluding hydrogens is 370 g/mol. The molecule has 2 bridgehead atoms. The number of hydrogen-bond donors (Lipinski definition) is 1. The van der Waals surface area contributed by atoms with Crippen molar-refractivity contribution >= 4 is 27.6 Å². The summed E-state index contributed by atoms with van der Waals surface area (Å²) in [5.41, 5.74) is 3.58. The Morgan fingerprint density at radius 1 is 1.33 bits per heavy atom. The molecule has 2 amide bonds. The topological polar surface area (TPSA) is 58.4 Å². The third-order valence-corrected chi connectivity index (χ3v) is 6.54. The van der Waals surface area contributed by atoms with Gasteiger partial charge in [-0.05, 0) is 49.8 Å². The fraction of sp³-hybridized carbons (Fsp3) is 0.444. The molecule has 6 heteroatoms. The van der Waals surface area contributed by atoms with E-state index in [1.54, 1.807) is 6.26 Å². The molecule has 3 fully saturated rings. The number of oxazole rings is 1. The largest absolute Gasteiger partial charge is 0.444 e. The van der Waals surface area contributed by atoms with Crippen molar-refractivity contribution in [1.82, 2.24) is 9.88 Å². The molecule has 1 aromatic carbocycles. The smallest absolute Gasteiger partial charge is 0.321 e. The van der Waals surface area contributed by atoms with E-state index in [2.05, 4.69) is 26.2 Å². The highest BCUT2D eigenvalue weighted by atomic mass is 79.9. The minimum Gasteiger partial charge on any atom is -0.444 e. The number of urea groups is 1. The second-order valence-electron chi connectivity index (χ2n) is 6.86. The van der Waals surface area contributed by atoms with Gasteiger partial charge >= 0.3 is 6.03 Å². The fourth-order valence-electron chi connectivity index (χ4n) is 3.61. The van der Waals surface area contributed by atoms with Gasteiger partial charge < -0.3 is 14.6 Å². The molecule has 0 radical (unpaired) electrons. The lowest BCUT2D eigenvalue weighted by atomic mass is 9.71. The minimum absolute atomic E-state index is 0.0255. The average molecular weight is 390 g/mol. The van der Waals surface area contributed by atoms with Crippen LogP contribution >= 0.6 is 15.9 Å². The normalized spacial score (nSPS) is 25.3. The van der Waals surface area contributed by atoms with Gasteiger partial charge in [0.25, 0.3) is 0 Å². The highest BCUT2D eigenvalue weighted by Gasteiger charge is 2.46. The number of halogens is 1. The van der Waals surface area contributed by atoms with Crippen molar-refractivity contribution in [2.45, 2.75) is 25.1 Å². The highest BCUT2D eigenvalue weighted by molar-refractivity contribution is 9.09. The summed E-state index contributed by atoms with van der Waals surface area (Å²) in [6.45, 7) is 5.56. The zero-order valence-corrected chi connectivity index (χ0v) is 15.3. The zero-order valence-electron chi connectivity index (χ0n) is 13.8. The maximum absolute atomic E-state index is 12.5. The average Bonchev–Trinajstić information content (AvgIpc) is 3.02. The molecule has 5 nitrogen and oxygen atoms in total. The van der Waals surface area contributed by atoms with Gasteiger partial charge in [0.1, 0.15) is 6.26 Å². The number of hydrogen-bond acceptors (Lipinski definition) is 3. The first-order valence-corrected chi connectivity index (χ1v) is 9.16. The van der Waals surface area contributed by atoms with E-state index in [1.807, 2.05) is 36.9 Å². The first-order chi connectivity index (χ1) is 11.5. The molecule has 3 heterocycles. The van der Waals surface area contributed by atoms with Gasteiger partial charge in [0.2, 0.25) is 5.89 Å². The minimum atomic E-state index is -0.0255. The molecule has 1 saturated carbocycles. The molecule has 1 aromatic heterocycles. The summed E-state index contributed by atoms with van der Waals surface area (Å²) in [5.74, 6) is 1.78. The zero-order chi connectivity index (χ0) is 16.8. The van der Waals surface area contributed by atoms with E-state index in [9.17, 15) is 4.79 Å². The van der Waals surface area contributed by atoms with Crippen LogP contribution in [0.25, 0.3) is 11.5 Å². The monoisotopic (exact) mass is 389 g/mol. The molecule has 2 aromatic rings. The fourth-order valence-corrected chi connectivity index (χ4v) is 4.37. The summed E-state index contributed by atoms with van der Waals surface area (Å²) >= 11 is 3.72. The molecule has 3 atom stereocenters. The SMILES string of the molecule is Cc1coc(-c2cc(NC(=O)N3C[C@H]4C[C@@H](C3)C4Br)ccc2C)n1. The molecule has 0 spiro atoms. The van der Waals surface area contributed by atoms with Crippen LogP contribution in [0.5, 0.6) is 0 Å². The molecule has 1 aliphatic carbocycles. The van der Waals surface area contributed by atoms with Gasteiger partial charge in [-0.1, -0.05) is 22.0 Å². The number of anilines is 1. The Balaban J connectivity index is 1.50. The van der Waals surface area contributed by atoms with E-state index in [-0.39, 0.29) is 6.03 Å². The van der Waals surface area contributed by atoms with E-state index in [0.29, 0.717) is 22.6 Å². The maximum atomic E-state index is 12.5. The van der Waals surface area contributed by atoms with Gasteiger partial charge in [0.15, 0.2) is 0 Å². The first kappa shape index (κ1) is 15.7. The van der Waals surface area contributed by atoms with Crippen LogP contribution < -0.4 is 5.32 Å². The lowest BCUT2D eigenvalue weighted by Crippen LogP contribution is -2.58. The Morgan fingerprint density at radius 3 is 2.71 bits per heavy atom. The van der Waals surface area contributed by atoms with Crippen LogP contribution in [-0.2, 0) is 0 Å². The van der Waals surface area contributed by atoms with Crippen molar-refractivity contribution in [3.8, 4) is 11.5 Å². The number of aromatic nitrogens is 1. The summed E-state index contributed by atoms with van der Waals surface area (Å²) in [4.78, 5) is 19.4. The molecule has 126 valence electrons. The molecule has 5 rings (SSSR count). The number of alkyl halides is 1. The Hall–Kier alpha value is -1.82. The van der Waals surface area contributed by atoms with Gasteiger partial charge in [0, 0.05) is 29.2 Å². The number of carbonyl (C=O) groups is 1. The van der Waals surface area contributed by atoms with Gasteiger partial charge in [-0.3, -0.25) is 0 Å². The highest BCUT2D eigenvalue weighted by Crippen LogP contribution is 2.44. The van der Waals surface area contributed by atoms with Crippen LogP contribution in [0.1, 0.15) is 17.7 Å². The molecule has 2 aliphatic heterocycles. The second kappa shape index (κ2) is 5.92. The number of nitrogens with zero attached hydrogens (tertiary/aromatic N) is 2. The molecule has 1 unspecified atom stereocenters. The number of nitrogens with one attached hydrogen (secondary N) is 1. The second-order valence-corrected chi connectivity index (χ2v) is 7.92. The van der Waals surface area contributed by atoms with Crippen LogP contribution in [0.3, 0.4) is 0 Å². The van der Waals surface area contributed by atoms with Crippen molar-refractivity contribution in [2.75, 3.05) is 18.4 Å². The van der Waals surface area contributed by atoms with E-state index >= 15 is 0 Å². The number of rotatable bonds is 2. The van der Waals surface area contributed by atoms with Gasteiger partial charge in [-0.25, -0.2) is 9.78 Å². The molecule has 24 heavy (non-hydrogen) atoms. The summed E-state index contributed by atoms with van der Waals surface area (Å²) in [6, 6.07) is 5.80. The quantitative estimate of drug-likeness (QED) is 0.782. The van der Waals surface area contributed by atoms with Crippen LogP contribution in [0.4, 0.5) is 10.5 Å². The van der Waals surface area contributed by atoms with E-state index in [0.717, 1.165) is 35.6 Å². The van der Waals surface area contributed by atoms with E-state index in [4.69, 9.17) is 4.42 Å². The van der Waals surface area contributed by atoms with Crippen LogP contribution in [0.15, 0.2) is 28.9 Å². The molecular formula is C18H20BrN3O2. The van der Waals surface area contributed by atoms with Crippen LogP contribution in [-0.4, -0.2) is 33.8 Å². The third-order valence-electron chi connectivity index (χ3n) is 5.04. The van der Waals surface area contributed by atoms with E-state index < -0.39 is 0 Å². The summed E-state index contributed by atoms with van der Waals surface area (Å²) < 4.78 is 5.50. The molecule has 2 saturated heterocycles. The van der Waals surface area contributed by atoms with Crippen LogP contribution in [0.2, 0.25) is 0 Å². The Bertz CT molecular complexity index is 776. The van der Waals surface area contributed by atoms with Crippen LogP contribution in [0, 0.1) is 25.7 Å². The number of benzene rings is 1. The summed E-state index contributed by atoms with van der Waals surface area (Å²) in [5, 5.41) is 3.01. The van der Waals surface area contributed by atoms with Gasteiger partial charge in [-0.15, -0.1) is 0 Å². The predicted octanol–water partition coefficient (Wildman–Crippen LogP) is 4.21. The standard InChI is InChI=1S/C18H20BrN3O2/c1-10-3-4-14(6-15(10)17-20-11(2)9-24-17)21-18(23)22-7-12-5-13(8-22)16(12)19/h3-4,6,9,12-13,16H,5,7-8H2,1-2H3,(H,21,23)/t12-,13+,16?. The Morgan fingerprint density at radius 2 is 2.08 bits per heavy atom. The number of carbonyl (C=O) groups excluding carboxylic acids is 1. The third kappa shape index (κ3) is 2.73. The van der Waals surface area contributed by atoms with Crippen molar-refractivity contribution in [3.05, 3.63) is 35.7 Å². The lowest BCUT2D eigenvalue weighted by molar-refractivity contribution is 0.0651. The number of piperidine rings is 2. The van der Waals surface area contributed by atoms with Crippen molar-refractivity contribution in [2.24, 2.45) is 11.8 Å². The molecule has 3 aliphatic rings. The van der Waals surface area contributed by atoms with Crippen molar-refractivity contribution in [3.63, 3.8) is 0 Å². The Labute approximate surface area is 149 Å². The summed E-state index contributed by atoms with van der Waals surface area (Å²) in [6.07, 6.45) is 2.87. The predicted molar refractivity (Wildman–Crippen MR) is 96.3 cm³/mol. The summed E-state index contributed by atoms with van der Waals surface area (Å²) in [7, 11) is 0. The molecule has 1 N–H and O–H groups in total. The Kier molecular flexibility index (Phi) is 3.87.